The summed E-state index contributed by atoms with van der Waals surface area (Å²) in [7, 11) is 0. The highest BCUT2D eigenvalue weighted by atomic mass is 32.1. The van der Waals surface area contributed by atoms with E-state index in [9.17, 15) is 4.79 Å². The minimum atomic E-state index is 0.00799. The number of pyridine rings is 2. The second-order valence-electron chi connectivity index (χ2n) is 7.46. The number of thiazole rings is 1. The molecular formula is C21H21N5OS. The average Bonchev–Trinajstić information content (AvgIpc) is 3.36. The van der Waals surface area contributed by atoms with Gasteiger partial charge in [0.05, 0.1) is 17.6 Å². The van der Waals surface area contributed by atoms with Crippen molar-refractivity contribution in [1.82, 2.24) is 15.0 Å². The molecule has 0 spiro atoms. The maximum atomic E-state index is 13.0. The molecule has 0 saturated carbocycles. The van der Waals surface area contributed by atoms with Crippen molar-refractivity contribution >= 4 is 28.7 Å². The van der Waals surface area contributed by atoms with Gasteiger partial charge in [0.2, 0.25) is 0 Å². The van der Waals surface area contributed by atoms with Crippen LogP contribution in [0.2, 0.25) is 0 Å². The fraction of sp³-hybridized carbons (Fsp3) is 0.333. The topological polar surface area (TPSA) is 62.2 Å². The lowest BCUT2D eigenvalue weighted by Gasteiger charge is -2.25. The molecular weight excluding hydrogens is 370 g/mol. The zero-order chi connectivity index (χ0) is 19.1. The lowest BCUT2D eigenvalue weighted by atomic mass is 10.1. The van der Waals surface area contributed by atoms with Crippen LogP contribution in [-0.4, -0.2) is 40.5 Å². The van der Waals surface area contributed by atoms with Crippen LogP contribution in [0.15, 0.2) is 42.9 Å². The van der Waals surface area contributed by atoms with Gasteiger partial charge in [0.15, 0.2) is 0 Å². The standard InChI is InChI=1S/C21H21N5OS/c1-14-6-9-25(13-14)18-5-4-15(11-23-18)20-24-17-7-10-26(21(27)19(17)28-20)16-3-2-8-22-12-16/h2-5,8,11-12,14H,6-7,9-10,13H2,1H3. The first-order valence-electron chi connectivity index (χ1n) is 9.62. The summed E-state index contributed by atoms with van der Waals surface area (Å²) < 4.78 is 0. The second-order valence-corrected chi connectivity index (χ2v) is 8.46. The first-order chi connectivity index (χ1) is 13.7. The monoisotopic (exact) mass is 391 g/mol. The number of hydrogen-bond donors (Lipinski definition) is 0. The van der Waals surface area contributed by atoms with Gasteiger partial charge in [-0.05, 0) is 36.6 Å². The molecule has 1 atom stereocenters. The maximum absolute atomic E-state index is 13.0. The Morgan fingerprint density at radius 1 is 1.18 bits per heavy atom. The Balaban J connectivity index is 1.39. The highest BCUT2D eigenvalue weighted by Gasteiger charge is 2.29. The van der Waals surface area contributed by atoms with Crippen LogP contribution in [0.5, 0.6) is 0 Å². The van der Waals surface area contributed by atoms with Crippen molar-refractivity contribution < 1.29 is 4.79 Å². The number of carbonyl (C=O) groups is 1. The third-order valence-electron chi connectivity index (χ3n) is 5.41. The Labute approximate surface area is 167 Å². The van der Waals surface area contributed by atoms with Gasteiger partial charge in [-0.1, -0.05) is 6.92 Å². The predicted molar refractivity (Wildman–Crippen MR) is 111 cm³/mol. The molecule has 5 rings (SSSR count). The molecule has 3 aromatic rings. The van der Waals surface area contributed by atoms with Crippen LogP contribution in [0, 0.1) is 5.92 Å². The van der Waals surface area contributed by atoms with Gasteiger partial charge in [-0.2, -0.15) is 0 Å². The van der Waals surface area contributed by atoms with E-state index in [0.29, 0.717) is 6.54 Å². The summed E-state index contributed by atoms with van der Waals surface area (Å²) >= 11 is 1.46. The molecule has 0 radical (unpaired) electrons. The average molecular weight is 392 g/mol. The number of fused-ring (bicyclic) bond motifs is 1. The molecule has 0 aromatic carbocycles. The predicted octanol–water partition coefficient (Wildman–Crippen LogP) is 3.65. The Morgan fingerprint density at radius 3 is 2.82 bits per heavy atom. The van der Waals surface area contributed by atoms with Crippen LogP contribution >= 0.6 is 11.3 Å². The molecule has 5 heterocycles. The van der Waals surface area contributed by atoms with Crippen molar-refractivity contribution in [3.63, 3.8) is 0 Å². The molecule has 6 nitrogen and oxygen atoms in total. The van der Waals surface area contributed by atoms with Gasteiger partial charge in [0, 0.05) is 44.0 Å². The second kappa shape index (κ2) is 6.98. The van der Waals surface area contributed by atoms with Crippen molar-refractivity contribution in [2.75, 3.05) is 29.4 Å². The van der Waals surface area contributed by atoms with Gasteiger partial charge in [0.25, 0.3) is 5.91 Å². The Kier molecular flexibility index (Phi) is 4.31. The van der Waals surface area contributed by atoms with Crippen molar-refractivity contribution in [3.8, 4) is 10.6 Å². The number of nitrogens with zero attached hydrogens (tertiary/aromatic N) is 5. The molecule has 0 N–H and O–H groups in total. The van der Waals surface area contributed by atoms with E-state index >= 15 is 0 Å². The summed E-state index contributed by atoms with van der Waals surface area (Å²) in [5.74, 6) is 1.75. The van der Waals surface area contributed by atoms with E-state index in [2.05, 4.69) is 33.9 Å². The van der Waals surface area contributed by atoms with Crippen LogP contribution < -0.4 is 9.80 Å². The lowest BCUT2D eigenvalue weighted by Crippen LogP contribution is -2.36. The molecule has 1 fully saturated rings. The van der Waals surface area contributed by atoms with E-state index in [1.165, 1.54) is 17.8 Å². The molecule has 1 unspecified atom stereocenters. The molecule has 3 aromatic heterocycles. The normalized spacial score (nSPS) is 19.2. The fourth-order valence-corrected chi connectivity index (χ4v) is 4.91. The third kappa shape index (κ3) is 3.05. The molecule has 7 heteroatoms. The maximum Gasteiger partial charge on any atom is 0.270 e. The van der Waals surface area contributed by atoms with Gasteiger partial charge >= 0.3 is 0 Å². The van der Waals surface area contributed by atoms with E-state index in [1.54, 1.807) is 17.3 Å². The Bertz CT molecular complexity index is 1000. The number of hydrogen-bond acceptors (Lipinski definition) is 6. The van der Waals surface area contributed by atoms with E-state index in [0.717, 1.165) is 58.1 Å². The summed E-state index contributed by atoms with van der Waals surface area (Å²) in [4.78, 5) is 31.3. The van der Waals surface area contributed by atoms with Crippen LogP contribution in [0.1, 0.15) is 28.7 Å². The largest absolute Gasteiger partial charge is 0.356 e. The number of aromatic nitrogens is 3. The molecule has 2 aliphatic heterocycles. The van der Waals surface area contributed by atoms with Crippen LogP contribution in [0.4, 0.5) is 11.5 Å². The number of amides is 1. The molecule has 1 amide bonds. The molecule has 28 heavy (non-hydrogen) atoms. The molecule has 0 bridgehead atoms. The first-order valence-corrected chi connectivity index (χ1v) is 10.4. The van der Waals surface area contributed by atoms with Gasteiger partial charge in [-0.3, -0.25) is 9.78 Å². The fourth-order valence-electron chi connectivity index (χ4n) is 3.86. The minimum absolute atomic E-state index is 0.00799. The van der Waals surface area contributed by atoms with Gasteiger partial charge in [-0.25, -0.2) is 9.97 Å². The molecule has 142 valence electrons. The summed E-state index contributed by atoms with van der Waals surface area (Å²) in [6, 6.07) is 7.90. The Morgan fingerprint density at radius 2 is 2.11 bits per heavy atom. The van der Waals surface area contributed by atoms with Crippen LogP contribution in [-0.2, 0) is 6.42 Å². The first kappa shape index (κ1) is 17.3. The van der Waals surface area contributed by atoms with Crippen molar-refractivity contribution in [3.05, 3.63) is 53.4 Å². The summed E-state index contributed by atoms with van der Waals surface area (Å²) in [6.45, 7) is 5.04. The SMILES string of the molecule is CC1CCN(c2ccc(-c3nc4c(s3)C(=O)N(c3cccnc3)CC4)cn2)C1. The Hall–Kier alpha value is -2.80. The van der Waals surface area contributed by atoms with E-state index in [4.69, 9.17) is 4.98 Å². The molecule has 0 aliphatic carbocycles. The highest BCUT2D eigenvalue weighted by molar-refractivity contribution is 7.17. The van der Waals surface area contributed by atoms with Crippen molar-refractivity contribution in [2.24, 2.45) is 5.92 Å². The van der Waals surface area contributed by atoms with Crippen molar-refractivity contribution in [1.29, 1.82) is 0 Å². The van der Waals surface area contributed by atoms with Gasteiger partial charge < -0.3 is 9.80 Å². The summed E-state index contributed by atoms with van der Waals surface area (Å²) in [6.07, 6.45) is 7.30. The zero-order valence-electron chi connectivity index (χ0n) is 15.7. The minimum Gasteiger partial charge on any atom is -0.356 e. The van der Waals surface area contributed by atoms with Gasteiger partial charge in [-0.15, -0.1) is 11.3 Å². The van der Waals surface area contributed by atoms with Crippen molar-refractivity contribution in [2.45, 2.75) is 19.8 Å². The van der Waals surface area contributed by atoms with E-state index < -0.39 is 0 Å². The lowest BCUT2D eigenvalue weighted by molar-refractivity contribution is 0.0984. The smallest absolute Gasteiger partial charge is 0.270 e. The number of carbonyl (C=O) groups excluding carboxylic acids is 1. The zero-order valence-corrected chi connectivity index (χ0v) is 16.5. The summed E-state index contributed by atoms with van der Waals surface area (Å²) in [5, 5.41) is 0.861. The van der Waals surface area contributed by atoms with Crippen LogP contribution in [0.25, 0.3) is 10.6 Å². The summed E-state index contributed by atoms with van der Waals surface area (Å²) in [5.41, 5.74) is 2.69. The number of anilines is 2. The van der Waals surface area contributed by atoms with E-state index in [-0.39, 0.29) is 5.91 Å². The van der Waals surface area contributed by atoms with Gasteiger partial charge in [0.1, 0.15) is 15.7 Å². The third-order valence-corrected chi connectivity index (χ3v) is 6.54. The highest BCUT2D eigenvalue weighted by Crippen LogP contribution is 2.33. The number of rotatable bonds is 3. The quantitative estimate of drug-likeness (QED) is 0.682. The van der Waals surface area contributed by atoms with E-state index in [1.807, 2.05) is 18.3 Å². The molecule has 1 saturated heterocycles. The van der Waals surface area contributed by atoms with Crippen LogP contribution in [0.3, 0.4) is 0 Å². The molecule has 2 aliphatic rings.